The Morgan fingerprint density at radius 2 is 1.21 bits per heavy atom. The summed E-state index contributed by atoms with van der Waals surface area (Å²) in [6.45, 7) is 6.05. The quantitative estimate of drug-likeness (QED) is 0.0375. The minimum absolute atomic E-state index is 0.00636. The topological polar surface area (TPSA) is 289 Å². The van der Waals surface area contributed by atoms with Gasteiger partial charge in [0.1, 0.15) is 0 Å². The molecule has 5 N–H and O–H groups in total. The molecule has 2 aliphatic heterocycles. The molecule has 23 heteroatoms. The van der Waals surface area contributed by atoms with Gasteiger partial charge in [0.25, 0.3) is 40.5 Å². The van der Waals surface area contributed by atoms with E-state index in [0.29, 0.717) is 80.4 Å². The Bertz CT molecular complexity index is 2610. The van der Waals surface area contributed by atoms with E-state index in [1.54, 1.807) is 55.7 Å². The second kappa shape index (κ2) is 24.0. The molecule has 4 rings (SSSR count). The van der Waals surface area contributed by atoms with Crippen molar-refractivity contribution in [2.24, 2.45) is 0 Å². The first-order valence-electron chi connectivity index (χ1n) is 21.6. The lowest BCUT2D eigenvalue weighted by molar-refractivity contribution is -0.137. The molecule has 19 nitrogen and oxygen atoms in total. The van der Waals surface area contributed by atoms with Gasteiger partial charge >= 0.3 is 5.97 Å². The number of rotatable bonds is 29. The van der Waals surface area contributed by atoms with Crippen LogP contribution in [0.2, 0.25) is 0 Å². The van der Waals surface area contributed by atoms with E-state index in [4.69, 9.17) is 19.3 Å². The molecule has 0 aliphatic carbocycles. The Kier molecular flexibility index (Phi) is 19.9. The van der Waals surface area contributed by atoms with Crippen molar-refractivity contribution in [1.29, 1.82) is 0 Å². The van der Waals surface area contributed by atoms with Gasteiger partial charge in [-0.15, -0.1) is 0 Å². The highest BCUT2D eigenvalue weighted by Crippen LogP contribution is 2.52. The zero-order valence-corrected chi connectivity index (χ0v) is 41.0. The number of unbranched alkanes of at least 4 members (excludes halogenated alkanes) is 2. The molecule has 0 fully saturated rings. The van der Waals surface area contributed by atoms with Crippen LogP contribution < -0.4 is 9.80 Å². The van der Waals surface area contributed by atoms with Gasteiger partial charge in [-0.2, -0.15) is 33.7 Å². The summed E-state index contributed by atoms with van der Waals surface area (Å²) >= 11 is 0. The van der Waals surface area contributed by atoms with Crippen molar-refractivity contribution in [2.75, 3.05) is 74.5 Å². The first kappa shape index (κ1) is 55.6. The third kappa shape index (κ3) is 16.0. The number of allylic oxidation sites excluding steroid dienone is 7. The highest BCUT2D eigenvalue weighted by atomic mass is 32.2. The lowest BCUT2D eigenvalue weighted by Gasteiger charge is -2.35. The van der Waals surface area contributed by atoms with E-state index < -0.39 is 74.8 Å². The predicted octanol–water partition coefficient (Wildman–Crippen LogP) is 5.62. The number of carbonyl (C=O) groups is 1. The molecule has 67 heavy (non-hydrogen) atoms. The molecule has 2 aliphatic rings. The van der Waals surface area contributed by atoms with Crippen molar-refractivity contribution in [3.63, 3.8) is 0 Å². The first-order chi connectivity index (χ1) is 31.3. The Hall–Kier alpha value is -4.01. The monoisotopic (exact) mass is 1020 g/mol. The summed E-state index contributed by atoms with van der Waals surface area (Å²) in [7, 11) is -16.3. The summed E-state index contributed by atoms with van der Waals surface area (Å²) in [6, 6.07) is 7.90. The number of carboxylic acids is 1. The van der Waals surface area contributed by atoms with Crippen LogP contribution in [0.5, 0.6) is 0 Å². The van der Waals surface area contributed by atoms with Gasteiger partial charge in [-0.05, 0) is 99.0 Å². The smallest absolute Gasteiger partial charge is 0.303 e. The van der Waals surface area contributed by atoms with Gasteiger partial charge in [-0.3, -0.25) is 23.0 Å². The molecule has 0 aromatic heterocycles. The number of nitrogens with zero attached hydrogens (tertiary/aromatic N) is 2. The van der Waals surface area contributed by atoms with Crippen LogP contribution in [0.4, 0.5) is 11.4 Å². The highest BCUT2D eigenvalue weighted by molar-refractivity contribution is 7.86. The Morgan fingerprint density at radius 1 is 0.657 bits per heavy atom. The van der Waals surface area contributed by atoms with Crippen LogP contribution >= 0.6 is 0 Å². The second-order valence-corrected chi connectivity index (χ2v) is 22.7. The van der Waals surface area contributed by atoms with Gasteiger partial charge in [0.15, 0.2) is 0 Å². The lowest BCUT2D eigenvalue weighted by atomic mass is 9.75. The molecule has 0 saturated heterocycles. The molecule has 0 saturated carbocycles. The molecular formula is C44H62N2O17S4. The average Bonchev–Trinajstić information content (AvgIpc) is 3.59. The van der Waals surface area contributed by atoms with E-state index in [1.165, 1.54) is 24.3 Å². The molecule has 0 bridgehead atoms. The molecule has 2 heterocycles. The predicted molar refractivity (Wildman–Crippen MR) is 252 cm³/mol. The van der Waals surface area contributed by atoms with E-state index in [-0.39, 0.29) is 55.1 Å². The van der Waals surface area contributed by atoms with Crippen molar-refractivity contribution in [3.05, 3.63) is 95.8 Å². The summed E-state index contributed by atoms with van der Waals surface area (Å²) < 4.78 is 151. The first-order valence-corrected chi connectivity index (χ1v) is 27.7. The Morgan fingerprint density at radius 3 is 1.81 bits per heavy atom. The fraction of sp³-hybridized carbons (Fsp3) is 0.523. The fourth-order valence-electron chi connectivity index (χ4n) is 8.68. The third-order valence-electron chi connectivity index (χ3n) is 11.9. The summed E-state index contributed by atoms with van der Waals surface area (Å²) in [4.78, 5) is 14.4. The minimum Gasteiger partial charge on any atom is -0.481 e. The van der Waals surface area contributed by atoms with Crippen molar-refractivity contribution >= 4 is 57.8 Å². The number of aliphatic carboxylic acids is 1. The summed E-state index contributed by atoms with van der Waals surface area (Å²) in [5.74, 6) is -2.01. The van der Waals surface area contributed by atoms with Crippen molar-refractivity contribution in [2.45, 2.75) is 91.9 Å². The van der Waals surface area contributed by atoms with E-state index in [9.17, 15) is 56.7 Å². The van der Waals surface area contributed by atoms with Crippen LogP contribution in [0.3, 0.4) is 0 Å². The Labute approximate surface area is 394 Å². The van der Waals surface area contributed by atoms with Crippen LogP contribution in [0.15, 0.2) is 94.4 Å². The van der Waals surface area contributed by atoms with Crippen LogP contribution in [-0.2, 0) is 70.3 Å². The van der Waals surface area contributed by atoms with E-state index in [0.717, 1.165) is 0 Å². The van der Waals surface area contributed by atoms with E-state index in [2.05, 4.69) is 0 Å². The molecule has 0 amide bonds. The molecule has 2 aromatic rings. The zero-order valence-electron chi connectivity index (χ0n) is 37.8. The number of benzene rings is 2. The summed E-state index contributed by atoms with van der Waals surface area (Å²) in [6.07, 6.45) is 14.3. The SMILES string of the molecule is COCCOCCOCCN1c2ccc(S(=O)(=O)O)cc2C(C)(CCCS(=O)(=O)O)C1/C=C/C=C/C=C/C=C1/N(CCCCCC(=O)O)c2ccc(S(=O)(=O)O)cc2C1(C)CCCS(=O)(=O)O. The summed E-state index contributed by atoms with van der Waals surface area (Å²) in [5, 5.41) is 9.13. The highest BCUT2D eigenvalue weighted by Gasteiger charge is 2.47. The van der Waals surface area contributed by atoms with E-state index >= 15 is 0 Å². The molecule has 374 valence electrons. The van der Waals surface area contributed by atoms with Crippen LogP contribution in [0.25, 0.3) is 0 Å². The van der Waals surface area contributed by atoms with Crippen LogP contribution in [0, 0.1) is 0 Å². The normalized spacial score (nSPS) is 20.8. The van der Waals surface area contributed by atoms with Crippen molar-refractivity contribution < 1.29 is 76.0 Å². The summed E-state index contributed by atoms with van der Waals surface area (Å²) in [5.41, 5.74) is 1.02. The number of anilines is 2. The van der Waals surface area contributed by atoms with Gasteiger partial charge in [-0.25, -0.2) is 0 Å². The average molecular weight is 1020 g/mol. The van der Waals surface area contributed by atoms with Gasteiger partial charge < -0.3 is 29.1 Å². The van der Waals surface area contributed by atoms with Gasteiger partial charge in [0.2, 0.25) is 0 Å². The van der Waals surface area contributed by atoms with Gasteiger partial charge in [0.05, 0.1) is 60.4 Å². The van der Waals surface area contributed by atoms with Crippen molar-refractivity contribution in [1.82, 2.24) is 0 Å². The molecule has 2 aromatic carbocycles. The molecule has 3 unspecified atom stereocenters. The minimum atomic E-state index is -4.62. The lowest BCUT2D eigenvalue weighted by Crippen LogP contribution is -2.43. The van der Waals surface area contributed by atoms with Crippen LogP contribution in [0.1, 0.15) is 76.3 Å². The molecule has 0 radical (unpaired) electrons. The number of ether oxygens (including phenoxy) is 3. The number of methoxy groups -OCH3 is 1. The Balaban J connectivity index is 1.69. The molecular weight excluding hydrogens is 957 g/mol. The van der Waals surface area contributed by atoms with Gasteiger partial charge in [0, 0.05) is 54.5 Å². The van der Waals surface area contributed by atoms with E-state index in [1.807, 2.05) is 29.7 Å². The van der Waals surface area contributed by atoms with Gasteiger partial charge in [-0.1, -0.05) is 49.8 Å². The number of hydrogen-bond donors (Lipinski definition) is 5. The van der Waals surface area contributed by atoms with Crippen molar-refractivity contribution in [3.8, 4) is 0 Å². The standard InChI is InChI=1S/C44H62N2O17S4/c1-43(21-12-30-64(49,50)51)36-32-34(66(55,56)57)17-19-38(36)45(23-11-7-10-16-42(47)48)40(43)14-8-5-4-6-9-15-41-44(2,22-13-31-65(52,53)54)37-33-35(67(58,59)60)18-20-39(37)46(41)24-25-62-28-29-63-27-26-61-3/h4-6,8-9,14-15,17-20,32-33,41H,7,10-13,16,21-31H2,1-3H3,(H,47,48)(H,49,50,51)(H,52,53,54)(H,55,56,57)(H,58,59,60)/b6-4+,8-5+,15-9+,40-14+. The third-order valence-corrected chi connectivity index (χ3v) is 15.2. The zero-order chi connectivity index (χ0) is 49.7. The molecule has 3 atom stereocenters. The number of carboxylic acid groups (broad SMARTS) is 1. The number of fused-ring (bicyclic) bond motifs is 2. The second-order valence-electron chi connectivity index (χ2n) is 16.8. The maximum Gasteiger partial charge on any atom is 0.303 e. The molecule has 0 spiro atoms. The maximum absolute atomic E-state index is 12.3. The van der Waals surface area contributed by atoms with Crippen LogP contribution in [-0.4, -0.2) is 134 Å². The largest absolute Gasteiger partial charge is 0.481 e. The fourth-order valence-corrected chi connectivity index (χ4v) is 10.7. The maximum atomic E-state index is 12.3. The number of hydrogen-bond acceptors (Lipinski definition) is 14.